The lowest BCUT2D eigenvalue weighted by molar-refractivity contribution is 0.654. The van der Waals surface area contributed by atoms with Crippen LogP contribution in [0.25, 0.3) is 0 Å². The van der Waals surface area contributed by atoms with Gasteiger partial charge in [-0.1, -0.05) is 13.8 Å². The Balaban J connectivity index is 2.58. The molecule has 0 radical (unpaired) electrons. The van der Waals surface area contributed by atoms with Crippen LogP contribution in [0, 0.1) is 8.80 Å². The number of halogens is 1. The van der Waals surface area contributed by atoms with Gasteiger partial charge in [0.25, 0.3) is 0 Å². The summed E-state index contributed by atoms with van der Waals surface area (Å²) in [5, 5.41) is 0. The first-order valence-corrected chi connectivity index (χ1v) is 5.32. The Kier molecular flexibility index (Phi) is 3.17. The predicted octanol–water partition coefficient (Wildman–Crippen LogP) is 3.55. The van der Waals surface area contributed by atoms with Crippen LogP contribution >= 0.6 is 33.9 Å². The Morgan fingerprint density at radius 1 is 1.50 bits per heavy atom. The molecule has 0 spiro atoms. The zero-order valence-electron chi connectivity index (χ0n) is 6.23. The van der Waals surface area contributed by atoms with Crippen molar-refractivity contribution >= 4 is 33.9 Å². The number of hydrogen-bond donors (Lipinski definition) is 0. The van der Waals surface area contributed by atoms with Crippen molar-refractivity contribution in [2.75, 3.05) is 0 Å². The van der Waals surface area contributed by atoms with E-state index in [1.54, 1.807) is 0 Å². The van der Waals surface area contributed by atoms with E-state index in [9.17, 15) is 0 Å². The SMILES string of the molecule is CC(C)Cc1ccc(I)s1. The molecule has 0 fully saturated rings. The van der Waals surface area contributed by atoms with Crippen LogP contribution in [0.5, 0.6) is 0 Å². The Morgan fingerprint density at radius 2 is 2.20 bits per heavy atom. The highest BCUT2D eigenvalue weighted by molar-refractivity contribution is 14.1. The van der Waals surface area contributed by atoms with Gasteiger partial charge in [-0.2, -0.15) is 0 Å². The maximum Gasteiger partial charge on any atom is 0.0656 e. The van der Waals surface area contributed by atoms with E-state index >= 15 is 0 Å². The van der Waals surface area contributed by atoms with E-state index < -0.39 is 0 Å². The van der Waals surface area contributed by atoms with Crippen LogP contribution in [-0.2, 0) is 6.42 Å². The summed E-state index contributed by atoms with van der Waals surface area (Å²) in [4.78, 5) is 1.51. The van der Waals surface area contributed by atoms with Gasteiger partial charge in [0, 0.05) is 4.88 Å². The molecular weight excluding hydrogens is 255 g/mol. The lowest BCUT2D eigenvalue weighted by Gasteiger charge is -1.98. The summed E-state index contributed by atoms with van der Waals surface area (Å²) in [5.74, 6) is 0.787. The lowest BCUT2D eigenvalue weighted by Crippen LogP contribution is -1.89. The second-order valence-electron chi connectivity index (χ2n) is 2.80. The van der Waals surface area contributed by atoms with Crippen LogP contribution in [0.3, 0.4) is 0 Å². The minimum absolute atomic E-state index is 0.787. The van der Waals surface area contributed by atoms with Gasteiger partial charge in [0.15, 0.2) is 0 Å². The van der Waals surface area contributed by atoms with Crippen LogP contribution in [-0.4, -0.2) is 0 Å². The van der Waals surface area contributed by atoms with Crippen molar-refractivity contribution in [1.82, 2.24) is 0 Å². The third-order valence-corrected chi connectivity index (χ3v) is 3.15. The summed E-state index contributed by atoms with van der Waals surface area (Å²) in [7, 11) is 0. The van der Waals surface area contributed by atoms with Crippen LogP contribution < -0.4 is 0 Å². The summed E-state index contributed by atoms with van der Waals surface area (Å²) in [6, 6.07) is 4.41. The van der Waals surface area contributed by atoms with Gasteiger partial charge < -0.3 is 0 Å². The van der Waals surface area contributed by atoms with E-state index in [1.165, 1.54) is 14.2 Å². The summed E-state index contributed by atoms with van der Waals surface area (Å²) in [6.07, 6.45) is 1.23. The minimum atomic E-state index is 0.787. The van der Waals surface area contributed by atoms with E-state index in [0.29, 0.717) is 0 Å². The van der Waals surface area contributed by atoms with E-state index in [0.717, 1.165) is 5.92 Å². The topological polar surface area (TPSA) is 0 Å². The first-order valence-electron chi connectivity index (χ1n) is 3.42. The molecule has 0 aliphatic heterocycles. The molecule has 1 heterocycles. The molecule has 0 atom stereocenters. The summed E-state index contributed by atoms with van der Waals surface area (Å²) >= 11 is 4.27. The van der Waals surface area contributed by atoms with Gasteiger partial charge in [-0.3, -0.25) is 0 Å². The van der Waals surface area contributed by atoms with Gasteiger partial charge in [-0.05, 0) is 47.1 Å². The fourth-order valence-electron chi connectivity index (χ4n) is 0.864. The van der Waals surface area contributed by atoms with Crippen molar-refractivity contribution in [3.05, 3.63) is 19.9 Å². The first kappa shape index (κ1) is 8.53. The molecular formula is C8H11IS. The van der Waals surface area contributed by atoms with Gasteiger partial charge in [0.1, 0.15) is 0 Å². The van der Waals surface area contributed by atoms with Gasteiger partial charge >= 0.3 is 0 Å². The van der Waals surface area contributed by atoms with E-state index in [-0.39, 0.29) is 0 Å². The molecule has 0 saturated carbocycles. The molecule has 0 nitrogen and oxygen atoms in total. The Bertz CT molecular complexity index is 203. The first-order chi connectivity index (χ1) is 4.68. The third kappa shape index (κ3) is 2.58. The van der Waals surface area contributed by atoms with Crippen molar-refractivity contribution in [3.63, 3.8) is 0 Å². The zero-order chi connectivity index (χ0) is 7.56. The second-order valence-corrected chi connectivity index (χ2v) is 5.87. The number of hydrogen-bond acceptors (Lipinski definition) is 1. The molecule has 0 aromatic carbocycles. The Labute approximate surface area is 79.8 Å². The molecule has 0 aliphatic carbocycles. The molecule has 1 aromatic heterocycles. The molecule has 1 rings (SSSR count). The second kappa shape index (κ2) is 3.72. The van der Waals surface area contributed by atoms with Crippen LogP contribution in [0.1, 0.15) is 18.7 Å². The van der Waals surface area contributed by atoms with Gasteiger partial charge in [0.05, 0.1) is 2.88 Å². The maximum absolute atomic E-state index is 2.37. The normalized spacial score (nSPS) is 10.8. The van der Waals surface area contributed by atoms with Crippen molar-refractivity contribution < 1.29 is 0 Å². The molecule has 0 saturated heterocycles. The summed E-state index contributed by atoms with van der Waals surface area (Å²) in [5.41, 5.74) is 0. The van der Waals surface area contributed by atoms with E-state index in [1.807, 2.05) is 11.3 Å². The molecule has 56 valence electrons. The predicted molar refractivity (Wildman–Crippen MR) is 55.6 cm³/mol. The van der Waals surface area contributed by atoms with Crippen LogP contribution in [0.2, 0.25) is 0 Å². The van der Waals surface area contributed by atoms with Gasteiger partial charge in [-0.15, -0.1) is 11.3 Å². The molecule has 2 heteroatoms. The van der Waals surface area contributed by atoms with Gasteiger partial charge in [-0.25, -0.2) is 0 Å². The lowest BCUT2D eigenvalue weighted by atomic mass is 10.1. The van der Waals surface area contributed by atoms with Gasteiger partial charge in [0.2, 0.25) is 0 Å². The highest BCUT2D eigenvalue weighted by Crippen LogP contribution is 2.20. The van der Waals surface area contributed by atoms with E-state index in [4.69, 9.17) is 0 Å². The minimum Gasteiger partial charge on any atom is -0.134 e. The molecule has 0 unspecified atom stereocenters. The molecule has 0 N–H and O–H groups in total. The van der Waals surface area contributed by atoms with Crippen molar-refractivity contribution in [2.45, 2.75) is 20.3 Å². The molecule has 1 aromatic rings. The highest BCUT2D eigenvalue weighted by atomic mass is 127. The third-order valence-electron chi connectivity index (χ3n) is 1.24. The monoisotopic (exact) mass is 266 g/mol. The average Bonchev–Trinajstić information content (AvgIpc) is 2.13. The largest absolute Gasteiger partial charge is 0.134 e. The quantitative estimate of drug-likeness (QED) is 0.718. The van der Waals surface area contributed by atoms with Crippen molar-refractivity contribution in [3.8, 4) is 0 Å². The summed E-state index contributed by atoms with van der Waals surface area (Å²) in [6.45, 7) is 4.51. The Morgan fingerprint density at radius 3 is 2.60 bits per heavy atom. The maximum atomic E-state index is 2.37. The van der Waals surface area contributed by atoms with Crippen LogP contribution in [0.15, 0.2) is 12.1 Å². The smallest absolute Gasteiger partial charge is 0.0656 e. The number of rotatable bonds is 2. The molecule has 0 amide bonds. The average molecular weight is 266 g/mol. The van der Waals surface area contributed by atoms with Crippen LogP contribution in [0.4, 0.5) is 0 Å². The highest BCUT2D eigenvalue weighted by Gasteiger charge is 1.99. The number of thiophene rings is 1. The Hall–Kier alpha value is 0.430. The molecule has 10 heavy (non-hydrogen) atoms. The fourth-order valence-corrected chi connectivity index (χ4v) is 2.83. The zero-order valence-corrected chi connectivity index (χ0v) is 9.20. The fraction of sp³-hybridized carbons (Fsp3) is 0.500. The van der Waals surface area contributed by atoms with Crippen molar-refractivity contribution in [2.24, 2.45) is 5.92 Å². The standard InChI is InChI=1S/C8H11IS/c1-6(2)5-7-3-4-8(9)10-7/h3-4,6H,5H2,1-2H3. The summed E-state index contributed by atoms with van der Waals surface area (Å²) < 4.78 is 1.40. The molecule has 0 bridgehead atoms. The van der Waals surface area contributed by atoms with E-state index in [2.05, 4.69) is 48.6 Å². The molecule has 0 aliphatic rings. The van der Waals surface area contributed by atoms with Crippen molar-refractivity contribution in [1.29, 1.82) is 0 Å².